The van der Waals surface area contributed by atoms with Gasteiger partial charge in [0.25, 0.3) is 0 Å². The molecule has 0 saturated carbocycles. The molecule has 3 nitrogen and oxygen atoms in total. The Kier molecular flexibility index (Phi) is 6.37. The molecule has 1 fully saturated rings. The summed E-state index contributed by atoms with van der Waals surface area (Å²) in [5, 5.41) is 3.11. The summed E-state index contributed by atoms with van der Waals surface area (Å²) in [6.45, 7) is 5.52. The third kappa shape index (κ3) is 4.29. The minimum absolute atomic E-state index is 0.0765. The van der Waals surface area contributed by atoms with Gasteiger partial charge in [-0.15, -0.1) is 0 Å². The monoisotopic (exact) mass is 306 g/mol. The Labute approximate surface area is 132 Å². The lowest BCUT2D eigenvalue weighted by Crippen LogP contribution is -2.47. The molecule has 1 amide bonds. The number of likely N-dealkylation sites (tertiary alicyclic amines) is 1. The number of carbonyl (C=O) groups excluding carboxylic acids is 1. The number of hydrogen-bond donors (Lipinski definition) is 1. The van der Waals surface area contributed by atoms with E-state index in [1.807, 2.05) is 32.0 Å². The molecule has 1 aromatic carbocycles. The zero-order chi connectivity index (χ0) is 15.9. The van der Waals surface area contributed by atoms with Crippen molar-refractivity contribution in [3.8, 4) is 0 Å². The van der Waals surface area contributed by atoms with Gasteiger partial charge in [0.1, 0.15) is 0 Å². The standard InChI is InChI=1S/C18H27FN2O/c1-14-8-7-9-15(2)17(14)20-18(22)16-10-3-5-12-21(16)13-6-4-11-19/h7-9,16H,3-6,10-13H2,1-2H3,(H,20,22). The van der Waals surface area contributed by atoms with Gasteiger partial charge in [-0.05, 0) is 63.7 Å². The first kappa shape index (κ1) is 16.9. The number of benzene rings is 1. The molecule has 1 aliphatic heterocycles. The van der Waals surface area contributed by atoms with Gasteiger partial charge in [0, 0.05) is 5.69 Å². The highest BCUT2D eigenvalue weighted by Crippen LogP contribution is 2.23. The van der Waals surface area contributed by atoms with Crippen molar-refractivity contribution < 1.29 is 9.18 Å². The third-order valence-electron chi connectivity index (χ3n) is 4.47. The maximum absolute atomic E-state index is 12.7. The molecule has 1 aromatic rings. The second-order valence-corrected chi connectivity index (χ2v) is 6.20. The molecule has 2 rings (SSSR count). The summed E-state index contributed by atoms with van der Waals surface area (Å²) >= 11 is 0. The van der Waals surface area contributed by atoms with Crippen molar-refractivity contribution in [3.05, 3.63) is 29.3 Å². The van der Waals surface area contributed by atoms with Crippen LogP contribution < -0.4 is 5.32 Å². The van der Waals surface area contributed by atoms with E-state index in [9.17, 15) is 9.18 Å². The number of piperidine rings is 1. The smallest absolute Gasteiger partial charge is 0.241 e. The van der Waals surface area contributed by atoms with Gasteiger partial charge in [0.15, 0.2) is 0 Å². The van der Waals surface area contributed by atoms with Crippen LogP contribution in [0.3, 0.4) is 0 Å². The summed E-state index contributed by atoms with van der Waals surface area (Å²) in [7, 11) is 0. The van der Waals surface area contributed by atoms with Crippen molar-refractivity contribution in [1.29, 1.82) is 0 Å². The van der Waals surface area contributed by atoms with Crippen LogP contribution in [0.15, 0.2) is 18.2 Å². The highest BCUT2D eigenvalue weighted by molar-refractivity contribution is 5.96. The average molecular weight is 306 g/mol. The Bertz CT molecular complexity index is 484. The minimum Gasteiger partial charge on any atom is -0.324 e. The van der Waals surface area contributed by atoms with E-state index in [0.717, 1.165) is 55.6 Å². The summed E-state index contributed by atoms with van der Waals surface area (Å²) in [4.78, 5) is 14.9. The van der Waals surface area contributed by atoms with Gasteiger partial charge in [-0.2, -0.15) is 0 Å². The largest absolute Gasteiger partial charge is 0.324 e. The molecule has 4 heteroatoms. The van der Waals surface area contributed by atoms with Gasteiger partial charge in [-0.1, -0.05) is 24.6 Å². The molecule has 1 saturated heterocycles. The van der Waals surface area contributed by atoms with Crippen LogP contribution in [-0.2, 0) is 4.79 Å². The van der Waals surface area contributed by atoms with Gasteiger partial charge < -0.3 is 5.32 Å². The number of anilines is 1. The van der Waals surface area contributed by atoms with E-state index in [1.165, 1.54) is 0 Å². The Morgan fingerprint density at radius 1 is 1.27 bits per heavy atom. The SMILES string of the molecule is Cc1cccc(C)c1NC(=O)C1CCCCN1CCCCF. The summed E-state index contributed by atoms with van der Waals surface area (Å²) in [5.74, 6) is 0.0809. The molecule has 1 heterocycles. The van der Waals surface area contributed by atoms with Gasteiger partial charge in [0.2, 0.25) is 5.91 Å². The number of nitrogens with zero attached hydrogens (tertiary/aromatic N) is 1. The fraction of sp³-hybridized carbons (Fsp3) is 0.611. The van der Waals surface area contributed by atoms with Crippen molar-refractivity contribution >= 4 is 11.6 Å². The van der Waals surface area contributed by atoms with E-state index in [2.05, 4.69) is 10.2 Å². The highest BCUT2D eigenvalue weighted by atomic mass is 19.1. The summed E-state index contributed by atoms with van der Waals surface area (Å²) in [5.41, 5.74) is 3.11. The first-order valence-electron chi connectivity index (χ1n) is 8.30. The lowest BCUT2D eigenvalue weighted by molar-refractivity contribution is -0.122. The molecule has 1 N–H and O–H groups in total. The molecule has 122 valence electrons. The van der Waals surface area contributed by atoms with Crippen molar-refractivity contribution in [2.45, 2.75) is 52.0 Å². The van der Waals surface area contributed by atoms with E-state index in [0.29, 0.717) is 6.42 Å². The van der Waals surface area contributed by atoms with Crippen LogP contribution in [0.25, 0.3) is 0 Å². The van der Waals surface area contributed by atoms with Crippen LogP contribution in [0.4, 0.5) is 10.1 Å². The van der Waals surface area contributed by atoms with Gasteiger partial charge >= 0.3 is 0 Å². The van der Waals surface area contributed by atoms with Crippen LogP contribution in [0, 0.1) is 13.8 Å². The molecule has 1 atom stereocenters. The minimum atomic E-state index is -0.271. The maximum atomic E-state index is 12.7. The molecule has 0 spiro atoms. The first-order valence-corrected chi connectivity index (χ1v) is 8.30. The van der Waals surface area contributed by atoms with E-state index in [1.54, 1.807) is 0 Å². The number of alkyl halides is 1. The number of unbranched alkanes of at least 4 members (excludes halogenated alkanes) is 1. The van der Waals surface area contributed by atoms with Crippen molar-refractivity contribution in [2.75, 3.05) is 25.1 Å². The molecular formula is C18H27FN2O. The van der Waals surface area contributed by atoms with Crippen molar-refractivity contribution in [1.82, 2.24) is 4.90 Å². The lowest BCUT2D eigenvalue weighted by atomic mass is 10.00. The van der Waals surface area contributed by atoms with Gasteiger partial charge in [-0.25, -0.2) is 0 Å². The zero-order valence-electron chi connectivity index (χ0n) is 13.7. The molecule has 1 aliphatic rings. The maximum Gasteiger partial charge on any atom is 0.241 e. The fourth-order valence-corrected chi connectivity index (χ4v) is 3.18. The fourth-order valence-electron chi connectivity index (χ4n) is 3.18. The summed E-state index contributed by atoms with van der Waals surface area (Å²) in [6.07, 6.45) is 4.52. The Morgan fingerprint density at radius 3 is 2.68 bits per heavy atom. The molecule has 0 aromatic heterocycles. The Morgan fingerprint density at radius 2 is 2.00 bits per heavy atom. The molecule has 0 bridgehead atoms. The van der Waals surface area contributed by atoms with Gasteiger partial charge in [0.05, 0.1) is 12.7 Å². The van der Waals surface area contributed by atoms with Crippen LogP contribution >= 0.6 is 0 Å². The molecule has 0 aliphatic carbocycles. The average Bonchev–Trinajstić information content (AvgIpc) is 2.51. The predicted octanol–water partition coefficient (Wildman–Crippen LogP) is 3.85. The number of hydrogen-bond acceptors (Lipinski definition) is 2. The topological polar surface area (TPSA) is 32.3 Å². The van der Waals surface area contributed by atoms with Crippen LogP contribution in [0.1, 0.15) is 43.2 Å². The number of halogens is 1. The van der Waals surface area contributed by atoms with E-state index >= 15 is 0 Å². The quantitative estimate of drug-likeness (QED) is 0.810. The number of para-hydroxylation sites is 1. The lowest BCUT2D eigenvalue weighted by Gasteiger charge is -2.34. The van der Waals surface area contributed by atoms with Crippen LogP contribution in [-0.4, -0.2) is 36.6 Å². The van der Waals surface area contributed by atoms with Crippen molar-refractivity contribution in [3.63, 3.8) is 0 Å². The Hall–Kier alpha value is -1.42. The Balaban J connectivity index is 2.02. The zero-order valence-corrected chi connectivity index (χ0v) is 13.7. The third-order valence-corrected chi connectivity index (χ3v) is 4.47. The molecule has 1 unspecified atom stereocenters. The van der Waals surface area contributed by atoms with Crippen LogP contribution in [0.5, 0.6) is 0 Å². The normalized spacial score (nSPS) is 19.1. The number of amides is 1. The second kappa shape index (κ2) is 8.28. The number of aryl methyl sites for hydroxylation is 2. The summed E-state index contributed by atoms with van der Waals surface area (Å²) < 4.78 is 12.3. The van der Waals surface area contributed by atoms with Crippen LogP contribution in [0.2, 0.25) is 0 Å². The molecule has 0 radical (unpaired) electrons. The van der Waals surface area contributed by atoms with Crippen molar-refractivity contribution in [2.24, 2.45) is 0 Å². The van der Waals surface area contributed by atoms with Gasteiger partial charge in [-0.3, -0.25) is 14.1 Å². The first-order chi connectivity index (χ1) is 10.6. The predicted molar refractivity (Wildman–Crippen MR) is 89.0 cm³/mol. The summed E-state index contributed by atoms with van der Waals surface area (Å²) in [6, 6.07) is 5.96. The van der Waals surface area contributed by atoms with E-state index < -0.39 is 0 Å². The number of rotatable bonds is 6. The second-order valence-electron chi connectivity index (χ2n) is 6.20. The molecule has 22 heavy (non-hydrogen) atoms. The number of carbonyl (C=O) groups is 1. The van der Waals surface area contributed by atoms with E-state index in [4.69, 9.17) is 0 Å². The number of nitrogens with one attached hydrogen (secondary N) is 1. The van der Waals surface area contributed by atoms with E-state index in [-0.39, 0.29) is 18.6 Å². The molecular weight excluding hydrogens is 279 g/mol. The highest BCUT2D eigenvalue weighted by Gasteiger charge is 2.28.